The van der Waals surface area contributed by atoms with Crippen LogP contribution in [0.25, 0.3) is 0 Å². The Hall–Kier alpha value is -1.71. The van der Waals surface area contributed by atoms with Crippen LogP contribution >= 0.6 is 0 Å². The predicted octanol–water partition coefficient (Wildman–Crippen LogP) is 2.30. The number of ether oxygens (including phenoxy) is 1. The second-order valence-corrected chi connectivity index (χ2v) is 4.32. The highest BCUT2D eigenvalue weighted by Gasteiger charge is 2.26. The van der Waals surface area contributed by atoms with Gasteiger partial charge >= 0.3 is 6.03 Å². The molecule has 2 rings (SSSR count). The Labute approximate surface area is 101 Å². The summed E-state index contributed by atoms with van der Waals surface area (Å²) in [5, 5.41) is 0. The van der Waals surface area contributed by atoms with Crippen LogP contribution in [0.15, 0.2) is 24.3 Å². The van der Waals surface area contributed by atoms with E-state index in [-0.39, 0.29) is 12.1 Å². The molecule has 2 amide bonds. The third-order valence-corrected chi connectivity index (χ3v) is 3.26. The first-order valence-corrected chi connectivity index (χ1v) is 5.92. The van der Waals surface area contributed by atoms with Crippen LogP contribution in [0.1, 0.15) is 30.9 Å². The fourth-order valence-corrected chi connectivity index (χ4v) is 2.39. The van der Waals surface area contributed by atoms with Gasteiger partial charge in [-0.3, -0.25) is 0 Å². The minimum Gasteiger partial charge on any atom is -0.497 e. The summed E-state index contributed by atoms with van der Waals surface area (Å²) in [7, 11) is 1.64. The number of primary amides is 1. The van der Waals surface area contributed by atoms with Gasteiger partial charge in [-0.05, 0) is 37.0 Å². The van der Waals surface area contributed by atoms with Gasteiger partial charge in [0.2, 0.25) is 0 Å². The lowest BCUT2D eigenvalue weighted by atomic mass is 9.95. The summed E-state index contributed by atoms with van der Waals surface area (Å²) < 4.78 is 5.21. The maximum atomic E-state index is 11.4. The van der Waals surface area contributed by atoms with Gasteiger partial charge in [0.25, 0.3) is 0 Å². The van der Waals surface area contributed by atoms with Crippen molar-refractivity contribution in [3.63, 3.8) is 0 Å². The molecule has 1 aliphatic heterocycles. The fourth-order valence-electron chi connectivity index (χ4n) is 2.39. The summed E-state index contributed by atoms with van der Waals surface area (Å²) in [6.45, 7) is 0.747. The summed E-state index contributed by atoms with van der Waals surface area (Å²) in [4.78, 5) is 13.2. The number of hydrogen-bond donors (Lipinski definition) is 1. The molecule has 1 aromatic rings. The number of methoxy groups -OCH3 is 1. The molecule has 92 valence electrons. The van der Waals surface area contributed by atoms with E-state index in [0.717, 1.165) is 37.1 Å². The topological polar surface area (TPSA) is 55.6 Å². The van der Waals surface area contributed by atoms with Crippen LogP contribution in [0.5, 0.6) is 5.75 Å². The Morgan fingerprint density at radius 3 is 3.00 bits per heavy atom. The van der Waals surface area contributed by atoms with E-state index in [4.69, 9.17) is 10.5 Å². The SMILES string of the molecule is COc1cccc(C2CCCCN2C(N)=O)c1. The number of nitrogens with two attached hydrogens (primary N) is 1. The lowest BCUT2D eigenvalue weighted by molar-refractivity contribution is 0.160. The summed E-state index contributed by atoms with van der Waals surface area (Å²) in [5.41, 5.74) is 6.52. The molecule has 4 nitrogen and oxygen atoms in total. The number of nitrogens with zero attached hydrogens (tertiary/aromatic N) is 1. The van der Waals surface area contributed by atoms with Gasteiger partial charge in [0, 0.05) is 6.54 Å². The van der Waals surface area contributed by atoms with Gasteiger partial charge in [-0.2, -0.15) is 0 Å². The van der Waals surface area contributed by atoms with Crippen molar-refractivity contribution >= 4 is 6.03 Å². The number of urea groups is 1. The zero-order valence-corrected chi connectivity index (χ0v) is 10.1. The highest BCUT2D eigenvalue weighted by molar-refractivity contribution is 5.72. The van der Waals surface area contributed by atoms with Gasteiger partial charge in [0.1, 0.15) is 5.75 Å². The van der Waals surface area contributed by atoms with Crippen LogP contribution in [0.3, 0.4) is 0 Å². The largest absolute Gasteiger partial charge is 0.497 e. The average molecular weight is 234 g/mol. The minimum absolute atomic E-state index is 0.0938. The third kappa shape index (κ3) is 2.52. The number of amides is 2. The van der Waals surface area contributed by atoms with Crippen LogP contribution in [-0.4, -0.2) is 24.6 Å². The standard InChI is InChI=1S/C13H18N2O2/c1-17-11-6-4-5-10(9-11)12-7-2-3-8-15(12)13(14)16/h4-6,9,12H,2-3,7-8H2,1H3,(H2,14,16). The second-order valence-electron chi connectivity index (χ2n) is 4.32. The van der Waals surface area contributed by atoms with E-state index in [1.807, 2.05) is 24.3 Å². The molecule has 17 heavy (non-hydrogen) atoms. The van der Waals surface area contributed by atoms with Crippen molar-refractivity contribution in [2.45, 2.75) is 25.3 Å². The number of likely N-dealkylation sites (tertiary alicyclic amines) is 1. The lowest BCUT2D eigenvalue weighted by Gasteiger charge is -2.34. The van der Waals surface area contributed by atoms with E-state index < -0.39 is 0 Å². The smallest absolute Gasteiger partial charge is 0.315 e. The molecule has 0 radical (unpaired) electrons. The van der Waals surface area contributed by atoms with Crippen LogP contribution in [0.4, 0.5) is 4.79 Å². The maximum absolute atomic E-state index is 11.4. The van der Waals surface area contributed by atoms with Crippen molar-refractivity contribution in [3.8, 4) is 5.75 Å². The van der Waals surface area contributed by atoms with E-state index in [1.165, 1.54) is 0 Å². The molecule has 1 fully saturated rings. The zero-order chi connectivity index (χ0) is 12.3. The van der Waals surface area contributed by atoms with E-state index in [2.05, 4.69) is 0 Å². The van der Waals surface area contributed by atoms with Gasteiger partial charge in [-0.15, -0.1) is 0 Å². The van der Waals surface area contributed by atoms with Gasteiger partial charge in [-0.1, -0.05) is 12.1 Å². The van der Waals surface area contributed by atoms with Gasteiger partial charge in [0.15, 0.2) is 0 Å². The van der Waals surface area contributed by atoms with Crippen molar-refractivity contribution < 1.29 is 9.53 Å². The second kappa shape index (κ2) is 5.08. The Balaban J connectivity index is 2.26. The monoisotopic (exact) mass is 234 g/mol. The molecular weight excluding hydrogens is 216 g/mol. The summed E-state index contributed by atoms with van der Waals surface area (Å²) in [6.07, 6.45) is 3.13. The highest BCUT2D eigenvalue weighted by Crippen LogP contribution is 2.32. The molecular formula is C13H18N2O2. The first kappa shape index (κ1) is 11.8. The molecule has 1 atom stereocenters. The molecule has 0 bridgehead atoms. The third-order valence-electron chi connectivity index (χ3n) is 3.26. The first-order valence-electron chi connectivity index (χ1n) is 5.92. The Bertz CT molecular complexity index is 406. The number of benzene rings is 1. The number of carbonyl (C=O) groups is 1. The van der Waals surface area contributed by atoms with Crippen molar-refractivity contribution in [1.82, 2.24) is 4.90 Å². The summed E-state index contributed by atoms with van der Waals surface area (Å²) >= 11 is 0. The predicted molar refractivity (Wildman–Crippen MR) is 65.9 cm³/mol. The van der Waals surface area contributed by atoms with Gasteiger partial charge < -0.3 is 15.4 Å². The summed E-state index contributed by atoms with van der Waals surface area (Å²) in [5.74, 6) is 0.817. The molecule has 1 saturated heterocycles. The normalized spacial score (nSPS) is 20.1. The zero-order valence-electron chi connectivity index (χ0n) is 10.1. The molecule has 0 aromatic heterocycles. The number of carbonyl (C=O) groups excluding carboxylic acids is 1. The van der Waals surface area contributed by atoms with Crippen LogP contribution < -0.4 is 10.5 Å². The molecule has 1 aliphatic rings. The molecule has 1 unspecified atom stereocenters. The lowest BCUT2D eigenvalue weighted by Crippen LogP contribution is -2.41. The van der Waals surface area contributed by atoms with Crippen LogP contribution in [-0.2, 0) is 0 Å². The number of piperidine rings is 1. The van der Waals surface area contributed by atoms with Gasteiger partial charge in [-0.25, -0.2) is 4.79 Å². The van der Waals surface area contributed by atoms with E-state index in [9.17, 15) is 4.79 Å². The van der Waals surface area contributed by atoms with Crippen LogP contribution in [0.2, 0.25) is 0 Å². The van der Waals surface area contributed by atoms with E-state index in [1.54, 1.807) is 12.0 Å². The number of hydrogen-bond acceptors (Lipinski definition) is 2. The van der Waals surface area contributed by atoms with Crippen molar-refractivity contribution in [2.24, 2.45) is 5.73 Å². The molecule has 4 heteroatoms. The van der Waals surface area contributed by atoms with Crippen molar-refractivity contribution in [2.75, 3.05) is 13.7 Å². The van der Waals surface area contributed by atoms with Gasteiger partial charge in [0.05, 0.1) is 13.2 Å². The molecule has 1 aromatic carbocycles. The average Bonchev–Trinajstić information content (AvgIpc) is 2.39. The quantitative estimate of drug-likeness (QED) is 0.853. The van der Waals surface area contributed by atoms with Crippen molar-refractivity contribution in [1.29, 1.82) is 0 Å². The van der Waals surface area contributed by atoms with E-state index >= 15 is 0 Å². The summed E-state index contributed by atoms with van der Waals surface area (Å²) in [6, 6.07) is 7.61. The maximum Gasteiger partial charge on any atom is 0.315 e. The van der Waals surface area contributed by atoms with Crippen molar-refractivity contribution in [3.05, 3.63) is 29.8 Å². The Morgan fingerprint density at radius 2 is 2.29 bits per heavy atom. The minimum atomic E-state index is -0.336. The first-order chi connectivity index (χ1) is 8.22. The Kier molecular flexibility index (Phi) is 3.52. The van der Waals surface area contributed by atoms with E-state index in [0.29, 0.717) is 0 Å². The molecule has 0 spiro atoms. The Morgan fingerprint density at radius 1 is 1.47 bits per heavy atom. The molecule has 1 heterocycles. The van der Waals surface area contributed by atoms with Crippen LogP contribution in [0, 0.1) is 0 Å². The molecule has 2 N–H and O–H groups in total. The molecule has 0 aliphatic carbocycles. The highest BCUT2D eigenvalue weighted by atomic mass is 16.5. The molecule has 0 saturated carbocycles. The number of rotatable bonds is 2. The fraction of sp³-hybridized carbons (Fsp3) is 0.462.